The van der Waals surface area contributed by atoms with Gasteiger partial charge < -0.3 is 27.2 Å². The van der Waals surface area contributed by atoms with Crippen LogP contribution in [0, 0.1) is 0 Å². The molecule has 0 amide bonds. The summed E-state index contributed by atoms with van der Waals surface area (Å²) in [6, 6.07) is 3.98. The quantitative estimate of drug-likeness (QED) is 0.763. The Labute approximate surface area is 111 Å². The average Bonchev–Trinajstić information content (AvgIpc) is 2.39. The van der Waals surface area contributed by atoms with Crippen molar-refractivity contribution in [1.82, 2.24) is 0 Å². The fourth-order valence-electron chi connectivity index (χ4n) is 2.21. The van der Waals surface area contributed by atoms with Gasteiger partial charge in [-0.3, -0.25) is 0 Å². The van der Waals surface area contributed by atoms with Crippen LogP contribution in [0.2, 0.25) is 0 Å². The summed E-state index contributed by atoms with van der Waals surface area (Å²) in [6.45, 7) is 0. The van der Waals surface area contributed by atoms with Gasteiger partial charge in [0, 0.05) is 12.3 Å². The summed E-state index contributed by atoms with van der Waals surface area (Å²) < 4.78 is 10.8. The molecule has 94 valence electrons. The number of aromatic amines is 1. The molecule has 2 aromatic rings. The molecule has 1 aliphatic heterocycles. The highest BCUT2D eigenvalue weighted by molar-refractivity contribution is 6.02. The first kappa shape index (κ1) is 12.5. The first-order valence-electron chi connectivity index (χ1n) is 5.37. The molecule has 0 radical (unpaired) electrons. The lowest BCUT2D eigenvalue weighted by atomic mass is 10.0. The van der Waals surface area contributed by atoms with Crippen LogP contribution in [0.5, 0.6) is 11.5 Å². The van der Waals surface area contributed by atoms with E-state index in [1.165, 1.54) is 0 Å². The van der Waals surface area contributed by atoms with E-state index in [9.17, 15) is 0 Å². The van der Waals surface area contributed by atoms with Gasteiger partial charge in [0.2, 0.25) is 5.75 Å². The fraction of sp³-hybridized carbons (Fsp3) is 0.154. The highest BCUT2D eigenvalue weighted by atomic mass is 35.5. The molecule has 1 aliphatic rings. The Kier molecular flexibility index (Phi) is 3.30. The second kappa shape index (κ2) is 4.74. The summed E-state index contributed by atoms with van der Waals surface area (Å²) in [5.41, 5.74) is 3.12. The Bertz CT molecular complexity index is 626. The van der Waals surface area contributed by atoms with Crippen molar-refractivity contribution in [3.8, 4) is 11.5 Å². The lowest BCUT2D eigenvalue weighted by Crippen LogP contribution is -3.00. The monoisotopic (exact) mass is 264 g/mol. The molecule has 0 spiro atoms. The number of hydrogen-bond donors (Lipinski definition) is 1. The molecule has 3 rings (SSSR count). The van der Waals surface area contributed by atoms with E-state index in [4.69, 9.17) is 9.47 Å². The molecule has 0 fully saturated rings. The maximum absolute atomic E-state index is 5.42. The number of rotatable bonds is 2. The number of ether oxygens (including phenoxy) is 2. The molecular weight excluding hydrogens is 252 g/mol. The van der Waals surface area contributed by atoms with E-state index in [0.29, 0.717) is 0 Å². The summed E-state index contributed by atoms with van der Waals surface area (Å²) in [5, 5.41) is 4.34. The van der Waals surface area contributed by atoms with E-state index in [0.717, 1.165) is 33.7 Å². The Balaban J connectivity index is 0.00000120. The number of anilines is 1. The number of H-pyrrole nitrogens is 1. The number of hydrogen-bond acceptors (Lipinski definition) is 3. The number of methoxy groups -OCH3 is 2. The highest BCUT2D eigenvalue weighted by Crippen LogP contribution is 2.40. The molecule has 0 saturated carbocycles. The summed E-state index contributed by atoms with van der Waals surface area (Å²) in [5.74, 6) is 1.46. The van der Waals surface area contributed by atoms with E-state index >= 15 is 0 Å². The van der Waals surface area contributed by atoms with E-state index in [1.54, 1.807) is 14.2 Å². The molecule has 0 unspecified atom stereocenters. The third kappa shape index (κ3) is 1.66. The van der Waals surface area contributed by atoms with Gasteiger partial charge in [-0.15, -0.1) is 0 Å². The summed E-state index contributed by atoms with van der Waals surface area (Å²) >= 11 is 0. The van der Waals surface area contributed by atoms with E-state index in [1.807, 2.05) is 30.6 Å². The molecule has 18 heavy (non-hydrogen) atoms. The topological polar surface area (TPSA) is 44.6 Å². The number of nitrogens with one attached hydrogen (secondary N) is 2. The van der Waals surface area contributed by atoms with Gasteiger partial charge in [0.1, 0.15) is 0 Å². The van der Waals surface area contributed by atoms with Gasteiger partial charge in [-0.05, 0) is 17.7 Å². The van der Waals surface area contributed by atoms with Crippen LogP contribution < -0.4 is 32.2 Å². The number of benzene rings is 1. The van der Waals surface area contributed by atoms with Crippen LogP contribution in [0.1, 0.15) is 5.56 Å². The van der Waals surface area contributed by atoms with Crippen LogP contribution in [0.25, 0.3) is 17.0 Å². The molecule has 0 saturated heterocycles. The normalized spacial score (nSPS) is 11.7. The standard InChI is InChI=1S/C13H12N2O2.ClH/c1-16-10-7-8-3-5-14-9-4-6-15-12(11(8)9)13(10)17-2;/h3-7,14H,1-2H3;1H. The first-order chi connectivity index (χ1) is 8.35. The van der Waals surface area contributed by atoms with Gasteiger partial charge in [0.05, 0.1) is 25.3 Å². The molecular formula is C13H13ClN2O2. The summed E-state index contributed by atoms with van der Waals surface area (Å²) in [6.07, 6.45) is 5.82. The third-order valence-corrected chi connectivity index (χ3v) is 2.95. The van der Waals surface area contributed by atoms with Crippen LogP contribution in [-0.4, -0.2) is 14.2 Å². The summed E-state index contributed by atoms with van der Waals surface area (Å²) in [7, 11) is 3.29. The van der Waals surface area contributed by atoms with Crippen molar-refractivity contribution in [3.05, 3.63) is 30.1 Å². The van der Waals surface area contributed by atoms with E-state index < -0.39 is 0 Å². The van der Waals surface area contributed by atoms with Crippen molar-refractivity contribution >= 4 is 22.7 Å². The average molecular weight is 265 g/mol. The third-order valence-electron chi connectivity index (χ3n) is 2.95. The van der Waals surface area contributed by atoms with Gasteiger partial charge in [0.15, 0.2) is 11.9 Å². The predicted molar refractivity (Wildman–Crippen MR) is 66.3 cm³/mol. The lowest BCUT2D eigenvalue weighted by molar-refractivity contribution is -0.345. The zero-order valence-corrected chi connectivity index (χ0v) is 10.8. The minimum atomic E-state index is 0. The Morgan fingerprint density at radius 3 is 2.78 bits per heavy atom. The van der Waals surface area contributed by atoms with Crippen LogP contribution in [0.15, 0.2) is 24.5 Å². The molecule has 0 aliphatic carbocycles. The fourth-order valence-corrected chi connectivity index (χ4v) is 2.21. The van der Waals surface area contributed by atoms with Crippen molar-refractivity contribution in [2.75, 3.05) is 19.5 Å². The maximum atomic E-state index is 5.42. The molecule has 2 N–H and O–H groups in total. The molecule has 4 nitrogen and oxygen atoms in total. The Morgan fingerprint density at radius 1 is 1.22 bits per heavy atom. The zero-order chi connectivity index (χ0) is 11.8. The van der Waals surface area contributed by atoms with Gasteiger partial charge in [-0.25, -0.2) is 4.98 Å². The molecule has 1 aromatic carbocycles. The SMILES string of the molecule is COc1cc2c3c(cc[nH+]c3c1OC)NC=C2.[Cl-]. The smallest absolute Gasteiger partial charge is 0.259 e. The van der Waals surface area contributed by atoms with E-state index in [2.05, 4.69) is 10.3 Å². The molecule has 1 aromatic heterocycles. The zero-order valence-electron chi connectivity index (χ0n) is 10.1. The van der Waals surface area contributed by atoms with E-state index in [-0.39, 0.29) is 12.4 Å². The van der Waals surface area contributed by atoms with Crippen molar-refractivity contribution in [1.29, 1.82) is 0 Å². The minimum absolute atomic E-state index is 0. The largest absolute Gasteiger partial charge is 1.00 e. The van der Waals surface area contributed by atoms with Crippen LogP contribution in [0.3, 0.4) is 0 Å². The number of halogens is 1. The van der Waals surface area contributed by atoms with Crippen LogP contribution in [-0.2, 0) is 0 Å². The van der Waals surface area contributed by atoms with Crippen molar-refractivity contribution in [2.24, 2.45) is 0 Å². The first-order valence-corrected chi connectivity index (χ1v) is 5.37. The van der Waals surface area contributed by atoms with Crippen molar-refractivity contribution in [3.63, 3.8) is 0 Å². The van der Waals surface area contributed by atoms with Gasteiger partial charge >= 0.3 is 0 Å². The van der Waals surface area contributed by atoms with Gasteiger partial charge in [0.25, 0.3) is 5.52 Å². The predicted octanol–water partition coefficient (Wildman–Crippen LogP) is -0.929. The Morgan fingerprint density at radius 2 is 2.06 bits per heavy atom. The number of pyridine rings is 1. The van der Waals surface area contributed by atoms with Crippen molar-refractivity contribution < 1.29 is 26.9 Å². The van der Waals surface area contributed by atoms with Crippen molar-refractivity contribution in [2.45, 2.75) is 0 Å². The number of aromatic nitrogens is 1. The molecule has 2 heterocycles. The van der Waals surface area contributed by atoms with Crippen LogP contribution >= 0.6 is 0 Å². The maximum Gasteiger partial charge on any atom is 0.259 e. The second-order valence-corrected chi connectivity index (χ2v) is 3.82. The van der Waals surface area contributed by atoms with Crippen LogP contribution in [0.4, 0.5) is 5.69 Å². The lowest BCUT2D eigenvalue weighted by Gasteiger charge is -2.14. The second-order valence-electron chi connectivity index (χ2n) is 3.82. The molecule has 0 bridgehead atoms. The van der Waals surface area contributed by atoms with Gasteiger partial charge in [-0.2, -0.15) is 0 Å². The van der Waals surface area contributed by atoms with Gasteiger partial charge in [-0.1, -0.05) is 0 Å². The minimum Gasteiger partial charge on any atom is -1.00 e. The highest BCUT2D eigenvalue weighted by Gasteiger charge is 2.21. The molecule has 0 atom stereocenters. The molecule has 5 heteroatoms. The summed E-state index contributed by atoms with van der Waals surface area (Å²) in [4.78, 5) is 3.22. The Hall–Kier alpha value is -1.94.